The summed E-state index contributed by atoms with van der Waals surface area (Å²) < 4.78 is 27.4. The molecule has 0 spiro atoms. The molecule has 1 aromatic carbocycles. The molecule has 0 unspecified atom stereocenters. The standard InChI is InChI=1S/C17H25N3O2S/c1-13-4-5-16(14(2)12-13)23(21,22)20-9-6-15(7-10-20)17-18-8-11-19(17)3/h4-5,12,15H,6-11H2,1-3H3. The number of aliphatic imine (C=N–C) groups is 1. The van der Waals surface area contributed by atoms with E-state index < -0.39 is 10.0 Å². The van der Waals surface area contributed by atoms with E-state index in [1.807, 2.05) is 26.0 Å². The van der Waals surface area contributed by atoms with E-state index in [0.717, 1.165) is 42.9 Å². The predicted octanol–water partition coefficient (Wildman–Crippen LogP) is 2.05. The van der Waals surface area contributed by atoms with E-state index in [1.54, 1.807) is 10.4 Å². The highest BCUT2D eigenvalue weighted by atomic mass is 32.2. The van der Waals surface area contributed by atoms with E-state index in [0.29, 0.717) is 23.9 Å². The number of hydrogen-bond acceptors (Lipinski definition) is 4. The summed E-state index contributed by atoms with van der Waals surface area (Å²) in [7, 11) is -1.32. The van der Waals surface area contributed by atoms with Crippen molar-refractivity contribution in [1.82, 2.24) is 9.21 Å². The Balaban J connectivity index is 1.74. The molecule has 126 valence electrons. The maximum absolute atomic E-state index is 12.9. The smallest absolute Gasteiger partial charge is 0.243 e. The van der Waals surface area contributed by atoms with E-state index in [1.165, 1.54) is 0 Å². The minimum atomic E-state index is -3.39. The van der Waals surface area contributed by atoms with E-state index in [4.69, 9.17) is 0 Å². The largest absolute Gasteiger partial charge is 0.361 e. The van der Waals surface area contributed by atoms with Crippen LogP contribution in [0.25, 0.3) is 0 Å². The second kappa shape index (κ2) is 6.24. The highest BCUT2D eigenvalue weighted by Gasteiger charge is 2.33. The van der Waals surface area contributed by atoms with Gasteiger partial charge in [0, 0.05) is 32.6 Å². The van der Waals surface area contributed by atoms with E-state index in [-0.39, 0.29) is 0 Å². The molecule has 0 radical (unpaired) electrons. The van der Waals surface area contributed by atoms with E-state index >= 15 is 0 Å². The molecule has 0 aromatic heterocycles. The Morgan fingerprint density at radius 3 is 2.39 bits per heavy atom. The minimum absolute atomic E-state index is 0.396. The number of rotatable bonds is 3. The number of amidine groups is 1. The van der Waals surface area contributed by atoms with Gasteiger partial charge < -0.3 is 4.90 Å². The van der Waals surface area contributed by atoms with Crippen molar-refractivity contribution in [3.63, 3.8) is 0 Å². The zero-order valence-corrected chi connectivity index (χ0v) is 14.9. The Labute approximate surface area is 139 Å². The maximum Gasteiger partial charge on any atom is 0.243 e. The number of benzene rings is 1. The Hall–Kier alpha value is -1.40. The van der Waals surface area contributed by atoms with Gasteiger partial charge in [-0.1, -0.05) is 17.7 Å². The molecule has 2 aliphatic heterocycles. The van der Waals surface area contributed by atoms with Crippen LogP contribution in [0.15, 0.2) is 28.1 Å². The number of likely N-dealkylation sites (N-methyl/N-ethyl adjacent to an activating group) is 1. The summed E-state index contributed by atoms with van der Waals surface area (Å²) in [6, 6.07) is 5.54. The third-order valence-electron chi connectivity index (χ3n) is 4.87. The lowest BCUT2D eigenvalue weighted by Crippen LogP contribution is -2.42. The Kier molecular flexibility index (Phi) is 4.47. The van der Waals surface area contributed by atoms with Gasteiger partial charge in [-0.2, -0.15) is 4.31 Å². The van der Waals surface area contributed by atoms with Gasteiger partial charge in [-0.3, -0.25) is 4.99 Å². The second-order valence-corrected chi connectivity index (χ2v) is 8.52. The third-order valence-corrected chi connectivity index (χ3v) is 6.93. The summed E-state index contributed by atoms with van der Waals surface area (Å²) in [4.78, 5) is 7.23. The van der Waals surface area contributed by atoms with Gasteiger partial charge in [0.1, 0.15) is 5.84 Å². The summed E-state index contributed by atoms with van der Waals surface area (Å²) >= 11 is 0. The fourth-order valence-corrected chi connectivity index (χ4v) is 5.25. The molecule has 2 aliphatic rings. The van der Waals surface area contributed by atoms with Gasteiger partial charge in [-0.15, -0.1) is 0 Å². The predicted molar refractivity (Wildman–Crippen MR) is 92.3 cm³/mol. The molecule has 0 saturated carbocycles. The fourth-order valence-electron chi connectivity index (χ4n) is 3.57. The summed E-state index contributed by atoms with van der Waals surface area (Å²) in [5.74, 6) is 1.56. The van der Waals surface area contributed by atoms with Crippen LogP contribution in [0, 0.1) is 19.8 Å². The molecule has 0 aliphatic carbocycles. The van der Waals surface area contributed by atoms with E-state index in [2.05, 4.69) is 16.9 Å². The zero-order chi connectivity index (χ0) is 16.6. The fraction of sp³-hybridized carbons (Fsp3) is 0.588. The van der Waals surface area contributed by atoms with Gasteiger partial charge in [-0.05, 0) is 38.3 Å². The van der Waals surface area contributed by atoms with Crippen molar-refractivity contribution in [2.75, 3.05) is 33.2 Å². The number of piperidine rings is 1. The van der Waals surface area contributed by atoms with Crippen LogP contribution in [0.2, 0.25) is 0 Å². The van der Waals surface area contributed by atoms with Gasteiger partial charge in [0.05, 0.1) is 11.4 Å². The average Bonchev–Trinajstić information content (AvgIpc) is 2.93. The molecule has 6 heteroatoms. The van der Waals surface area contributed by atoms with Crippen LogP contribution in [0.3, 0.4) is 0 Å². The van der Waals surface area contributed by atoms with Crippen LogP contribution < -0.4 is 0 Å². The molecule has 1 saturated heterocycles. The Morgan fingerprint density at radius 2 is 1.83 bits per heavy atom. The normalized spacial score (nSPS) is 20.8. The monoisotopic (exact) mass is 335 g/mol. The molecule has 3 rings (SSSR count). The molecular weight excluding hydrogens is 310 g/mol. The van der Waals surface area contributed by atoms with Crippen LogP contribution in [0.5, 0.6) is 0 Å². The summed E-state index contributed by atoms with van der Waals surface area (Å²) in [5, 5.41) is 0. The van der Waals surface area contributed by atoms with Crippen molar-refractivity contribution < 1.29 is 8.42 Å². The first kappa shape index (κ1) is 16.5. The lowest BCUT2D eigenvalue weighted by Gasteiger charge is -2.33. The quantitative estimate of drug-likeness (QED) is 0.849. The summed E-state index contributed by atoms with van der Waals surface area (Å²) in [6.07, 6.45) is 1.71. The molecule has 1 fully saturated rings. The van der Waals surface area contributed by atoms with Crippen molar-refractivity contribution in [2.24, 2.45) is 10.9 Å². The first-order valence-corrected chi connectivity index (χ1v) is 9.66. The number of sulfonamides is 1. The number of nitrogens with zero attached hydrogens (tertiary/aromatic N) is 3. The molecular formula is C17H25N3O2S. The first-order valence-electron chi connectivity index (χ1n) is 8.22. The van der Waals surface area contributed by atoms with Crippen molar-refractivity contribution >= 4 is 15.9 Å². The van der Waals surface area contributed by atoms with Crippen LogP contribution in [-0.4, -0.2) is 56.7 Å². The van der Waals surface area contributed by atoms with Gasteiger partial charge in [-0.25, -0.2) is 8.42 Å². The number of aryl methyl sites for hydroxylation is 2. The van der Waals surface area contributed by atoms with Crippen LogP contribution in [-0.2, 0) is 10.0 Å². The van der Waals surface area contributed by atoms with Crippen molar-refractivity contribution in [3.8, 4) is 0 Å². The Bertz CT molecular complexity index is 719. The van der Waals surface area contributed by atoms with Crippen LogP contribution in [0.4, 0.5) is 0 Å². The van der Waals surface area contributed by atoms with Crippen LogP contribution in [0.1, 0.15) is 24.0 Å². The highest BCUT2D eigenvalue weighted by molar-refractivity contribution is 7.89. The van der Waals surface area contributed by atoms with Crippen molar-refractivity contribution in [2.45, 2.75) is 31.6 Å². The highest BCUT2D eigenvalue weighted by Crippen LogP contribution is 2.28. The molecule has 0 amide bonds. The summed E-state index contributed by atoms with van der Waals surface area (Å²) in [6.45, 7) is 6.85. The molecule has 0 bridgehead atoms. The van der Waals surface area contributed by atoms with Gasteiger partial charge in [0.25, 0.3) is 0 Å². The molecule has 5 nitrogen and oxygen atoms in total. The second-order valence-electron chi connectivity index (χ2n) is 6.61. The molecule has 2 heterocycles. The molecule has 1 aromatic rings. The van der Waals surface area contributed by atoms with Crippen molar-refractivity contribution in [3.05, 3.63) is 29.3 Å². The Morgan fingerprint density at radius 1 is 1.13 bits per heavy atom. The molecule has 23 heavy (non-hydrogen) atoms. The molecule has 0 atom stereocenters. The molecule has 0 N–H and O–H groups in total. The topological polar surface area (TPSA) is 53.0 Å². The minimum Gasteiger partial charge on any atom is -0.361 e. The van der Waals surface area contributed by atoms with Gasteiger partial charge in [0.15, 0.2) is 0 Å². The average molecular weight is 335 g/mol. The summed E-state index contributed by atoms with van der Waals surface area (Å²) in [5.41, 5.74) is 1.91. The zero-order valence-electron chi connectivity index (χ0n) is 14.1. The lowest BCUT2D eigenvalue weighted by atomic mass is 9.96. The number of hydrogen-bond donors (Lipinski definition) is 0. The lowest BCUT2D eigenvalue weighted by molar-refractivity contribution is 0.305. The first-order chi connectivity index (χ1) is 10.9. The van der Waals surface area contributed by atoms with Gasteiger partial charge >= 0.3 is 0 Å². The van der Waals surface area contributed by atoms with E-state index in [9.17, 15) is 8.42 Å². The maximum atomic E-state index is 12.9. The SMILES string of the molecule is Cc1ccc(S(=O)(=O)N2CCC(C3=NCCN3C)CC2)c(C)c1. The van der Waals surface area contributed by atoms with Crippen molar-refractivity contribution in [1.29, 1.82) is 0 Å². The van der Waals surface area contributed by atoms with Crippen LogP contribution >= 0.6 is 0 Å². The third kappa shape index (κ3) is 3.15. The van der Waals surface area contributed by atoms with Gasteiger partial charge in [0.2, 0.25) is 10.0 Å².